The Hall–Kier alpha value is -1.49. The first-order chi connectivity index (χ1) is 5.93. The van der Waals surface area contributed by atoms with Gasteiger partial charge in [-0.1, -0.05) is 0 Å². The Kier molecular flexibility index (Phi) is 3.73. The highest BCUT2D eigenvalue weighted by molar-refractivity contribution is 5.40. The largest absolute Gasteiger partial charge is 0.384 e. The van der Waals surface area contributed by atoms with E-state index in [2.05, 4.69) is 22.1 Å². The molecule has 0 aliphatic rings. The third-order valence-electron chi connectivity index (χ3n) is 1.44. The molecule has 1 aromatic rings. The maximum Gasteiger partial charge on any atom is 0.0371 e. The molecule has 62 valence electrons. The van der Waals surface area contributed by atoms with Gasteiger partial charge in [0.1, 0.15) is 0 Å². The summed E-state index contributed by atoms with van der Waals surface area (Å²) in [5.41, 5.74) is 1.10. The first-order valence-corrected chi connectivity index (χ1v) is 3.97. The Morgan fingerprint density at radius 3 is 2.83 bits per heavy atom. The number of nitrogens with one attached hydrogen (secondary N) is 1. The van der Waals surface area contributed by atoms with E-state index in [1.165, 1.54) is 0 Å². The third kappa shape index (κ3) is 3.07. The van der Waals surface area contributed by atoms with E-state index in [9.17, 15) is 0 Å². The summed E-state index contributed by atoms with van der Waals surface area (Å²) < 4.78 is 0. The molecule has 0 fully saturated rings. The van der Waals surface area contributed by atoms with Gasteiger partial charge in [-0.3, -0.25) is 4.98 Å². The van der Waals surface area contributed by atoms with Crippen molar-refractivity contribution in [3.05, 3.63) is 24.5 Å². The Balaban J connectivity index is 2.27. The van der Waals surface area contributed by atoms with E-state index in [0.29, 0.717) is 0 Å². The van der Waals surface area contributed by atoms with Gasteiger partial charge in [-0.2, -0.15) is 0 Å². The molecule has 1 aromatic heterocycles. The van der Waals surface area contributed by atoms with Gasteiger partial charge in [0.15, 0.2) is 0 Å². The van der Waals surface area contributed by atoms with Crippen LogP contribution in [0.4, 0.5) is 5.69 Å². The van der Waals surface area contributed by atoms with Gasteiger partial charge in [-0.05, 0) is 19.1 Å². The highest BCUT2D eigenvalue weighted by Crippen LogP contribution is 2.01. The molecule has 0 unspecified atom stereocenters. The van der Waals surface area contributed by atoms with E-state index in [4.69, 9.17) is 0 Å². The molecule has 0 bridgehead atoms. The van der Waals surface area contributed by atoms with Gasteiger partial charge in [0, 0.05) is 31.0 Å². The van der Waals surface area contributed by atoms with Crippen LogP contribution < -0.4 is 5.32 Å². The van der Waals surface area contributed by atoms with Crippen molar-refractivity contribution in [2.24, 2.45) is 0 Å². The number of anilines is 1. The lowest BCUT2D eigenvalue weighted by molar-refractivity contribution is 1.09. The van der Waals surface area contributed by atoms with Crippen LogP contribution >= 0.6 is 0 Å². The summed E-state index contributed by atoms with van der Waals surface area (Å²) in [6.07, 6.45) is 4.43. The van der Waals surface area contributed by atoms with Crippen molar-refractivity contribution >= 4 is 5.69 Å². The zero-order valence-electron chi connectivity index (χ0n) is 7.17. The molecule has 0 aromatic carbocycles. The summed E-state index contributed by atoms with van der Waals surface area (Å²) in [4.78, 5) is 3.92. The van der Waals surface area contributed by atoms with Gasteiger partial charge in [0.25, 0.3) is 0 Å². The fourth-order valence-corrected chi connectivity index (χ4v) is 0.864. The van der Waals surface area contributed by atoms with Gasteiger partial charge in [-0.15, -0.1) is 11.8 Å². The Bertz CT molecular complexity index is 269. The molecular formula is C10H12N2. The Morgan fingerprint density at radius 2 is 2.17 bits per heavy atom. The van der Waals surface area contributed by atoms with Crippen molar-refractivity contribution in [1.82, 2.24) is 4.98 Å². The predicted molar refractivity (Wildman–Crippen MR) is 50.8 cm³/mol. The molecule has 2 nitrogen and oxygen atoms in total. The summed E-state index contributed by atoms with van der Waals surface area (Å²) in [7, 11) is 0. The van der Waals surface area contributed by atoms with Crippen molar-refractivity contribution in [3.8, 4) is 11.8 Å². The molecular weight excluding hydrogens is 148 g/mol. The smallest absolute Gasteiger partial charge is 0.0371 e. The van der Waals surface area contributed by atoms with Crippen LogP contribution in [-0.4, -0.2) is 11.5 Å². The van der Waals surface area contributed by atoms with E-state index < -0.39 is 0 Å². The fraction of sp³-hybridized carbons (Fsp3) is 0.300. The van der Waals surface area contributed by atoms with Crippen LogP contribution in [-0.2, 0) is 0 Å². The van der Waals surface area contributed by atoms with E-state index in [1.54, 1.807) is 12.4 Å². The zero-order chi connectivity index (χ0) is 8.65. The van der Waals surface area contributed by atoms with E-state index in [-0.39, 0.29) is 0 Å². The Labute approximate surface area is 73.0 Å². The molecule has 12 heavy (non-hydrogen) atoms. The van der Waals surface area contributed by atoms with Crippen LogP contribution in [0.1, 0.15) is 13.3 Å². The summed E-state index contributed by atoms with van der Waals surface area (Å²) in [6, 6.07) is 3.89. The summed E-state index contributed by atoms with van der Waals surface area (Å²) >= 11 is 0. The lowest BCUT2D eigenvalue weighted by Gasteiger charge is -2.01. The molecule has 0 aliphatic carbocycles. The van der Waals surface area contributed by atoms with Crippen LogP contribution in [0.3, 0.4) is 0 Å². The van der Waals surface area contributed by atoms with Crippen molar-refractivity contribution < 1.29 is 0 Å². The second-order valence-corrected chi connectivity index (χ2v) is 2.34. The van der Waals surface area contributed by atoms with E-state index in [1.807, 2.05) is 19.1 Å². The second kappa shape index (κ2) is 5.20. The fourth-order valence-electron chi connectivity index (χ4n) is 0.864. The summed E-state index contributed by atoms with van der Waals surface area (Å²) in [6.45, 7) is 2.75. The maximum absolute atomic E-state index is 3.92. The average molecular weight is 160 g/mol. The van der Waals surface area contributed by atoms with Gasteiger partial charge < -0.3 is 5.32 Å². The standard InChI is InChI=1S/C10H12N2/c1-2-3-4-7-12-10-5-8-11-9-6-10/h5-6,8-9H,4,7H2,1H3,(H,11,12). The molecule has 2 heteroatoms. The minimum Gasteiger partial charge on any atom is -0.384 e. The van der Waals surface area contributed by atoms with Gasteiger partial charge in [0.05, 0.1) is 0 Å². The normalized spacial score (nSPS) is 8.42. The number of hydrogen-bond donors (Lipinski definition) is 1. The lowest BCUT2D eigenvalue weighted by Crippen LogP contribution is -1.99. The third-order valence-corrected chi connectivity index (χ3v) is 1.44. The first kappa shape index (κ1) is 8.61. The average Bonchev–Trinajstić information content (AvgIpc) is 2.14. The molecule has 1 heterocycles. The number of aromatic nitrogens is 1. The number of pyridine rings is 1. The Morgan fingerprint density at radius 1 is 1.42 bits per heavy atom. The van der Waals surface area contributed by atoms with Gasteiger partial charge in [0.2, 0.25) is 0 Å². The molecule has 0 atom stereocenters. The maximum atomic E-state index is 3.92. The first-order valence-electron chi connectivity index (χ1n) is 3.97. The van der Waals surface area contributed by atoms with E-state index >= 15 is 0 Å². The van der Waals surface area contributed by atoms with Crippen LogP contribution in [0.5, 0.6) is 0 Å². The van der Waals surface area contributed by atoms with Gasteiger partial charge in [-0.25, -0.2) is 0 Å². The summed E-state index contributed by atoms with van der Waals surface area (Å²) in [5.74, 6) is 5.84. The van der Waals surface area contributed by atoms with Crippen molar-refractivity contribution in [2.75, 3.05) is 11.9 Å². The highest BCUT2D eigenvalue weighted by atomic mass is 14.9. The van der Waals surface area contributed by atoms with Crippen molar-refractivity contribution in [2.45, 2.75) is 13.3 Å². The molecule has 1 rings (SSSR count). The van der Waals surface area contributed by atoms with Crippen LogP contribution in [0.25, 0.3) is 0 Å². The number of rotatable bonds is 3. The molecule has 0 radical (unpaired) electrons. The molecule has 1 N–H and O–H groups in total. The molecule has 0 spiro atoms. The molecule has 0 saturated heterocycles. The molecule has 0 aliphatic heterocycles. The van der Waals surface area contributed by atoms with Crippen LogP contribution in [0.15, 0.2) is 24.5 Å². The minimum absolute atomic E-state index is 0.888. The second-order valence-electron chi connectivity index (χ2n) is 2.34. The highest BCUT2D eigenvalue weighted by Gasteiger charge is 1.86. The zero-order valence-corrected chi connectivity index (χ0v) is 7.17. The topological polar surface area (TPSA) is 24.9 Å². The molecule has 0 amide bonds. The SMILES string of the molecule is CC#CCCNc1ccncc1. The van der Waals surface area contributed by atoms with Crippen molar-refractivity contribution in [1.29, 1.82) is 0 Å². The minimum atomic E-state index is 0.888. The lowest BCUT2D eigenvalue weighted by atomic mass is 10.3. The van der Waals surface area contributed by atoms with Crippen molar-refractivity contribution in [3.63, 3.8) is 0 Å². The molecule has 0 saturated carbocycles. The monoisotopic (exact) mass is 160 g/mol. The predicted octanol–water partition coefficient (Wildman–Crippen LogP) is 1.91. The van der Waals surface area contributed by atoms with Gasteiger partial charge >= 0.3 is 0 Å². The van der Waals surface area contributed by atoms with E-state index in [0.717, 1.165) is 18.7 Å². The number of nitrogens with zero attached hydrogens (tertiary/aromatic N) is 1. The quantitative estimate of drug-likeness (QED) is 0.539. The van der Waals surface area contributed by atoms with Crippen LogP contribution in [0.2, 0.25) is 0 Å². The summed E-state index contributed by atoms with van der Waals surface area (Å²) in [5, 5.41) is 3.24. The van der Waals surface area contributed by atoms with Crippen LogP contribution in [0, 0.1) is 11.8 Å². The number of hydrogen-bond acceptors (Lipinski definition) is 2.